The summed E-state index contributed by atoms with van der Waals surface area (Å²) < 4.78 is 0. The first-order chi connectivity index (χ1) is 9.83. The number of hydrogen-bond acceptors (Lipinski definition) is 2. The van der Waals surface area contributed by atoms with E-state index in [1.807, 2.05) is 18.3 Å². The minimum atomic E-state index is -0.00112. The molecule has 0 aromatic carbocycles. The lowest BCUT2D eigenvalue weighted by Crippen LogP contribution is -2.16. The highest BCUT2D eigenvalue weighted by Gasteiger charge is 1.99. The van der Waals surface area contributed by atoms with E-state index in [1.165, 1.54) is 38.5 Å². The van der Waals surface area contributed by atoms with E-state index >= 15 is 0 Å². The summed E-state index contributed by atoms with van der Waals surface area (Å²) in [5, 5.41) is 3.91. The maximum Gasteiger partial charge on any atom is 0.240 e. The van der Waals surface area contributed by atoms with Crippen LogP contribution in [0.2, 0.25) is 0 Å². The van der Waals surface area contributed by atoms with Crippen LogP contribution in [0.4, 0.5) is 0 Å². The number of nitrogens with one attached hydrogen (secondary N) is 2. The molecule has 0 aliphatic heterocycles. The van der Waals surface area contributed by atoms with Crippen LogP contribution in [0.25, 0.3) is 0 Å². The van der Waals surface area contributed by atoms with Crippen LogP contribution >= 0.6 is 0 Å². The van der Waals surface area contributed by atoms with Gasteiger partial charge < -0.3 is 4.98 Å². The maximum atomic E-state index is 11.5. The molecule has 4 nitrogen and oxygen atoms in total. The lowest BCUT2D eigenvalue weighted by atomic mass is 10.1. The number of rotatable bonds is 11. The molecular formula is C16H27N3O. The summed E-state index contributed by atoms with van der Waals surface area (Å²) in [4.78, 5) is 14.5. The van der Waals surface area contributed by atoms with Crippen molar-refractivity contribution in [2.24, 2.45) is 5.10 Å². The van der Waals surface area contributed by atoms with Gasteiger partial charge in [-0.05, 0) is 18.6 Å². The predicted molar refractivity (Wildman–Crippen MR) is 83.8 cm³/mol. The van der Waals surface area contributed by atoms with Crippen molar-refractivity contribution in [3.05, 3.63) is 24.0 Å². The van der Waals surface area contributed by atoms with Crippen molar-refractivity contribution < 1.29 is 4.79 Å². The topological polar surface area (TPSA) is 57.2 Å². The third kappa shape index (κ3) is 8.51. The molecule has 0 atom stereocenters. The van der Waals surface area contributed by atoms with Gasteiger partial charge in [0.2, 0.25) is 5.91 Å². The van der Waals surface area contributed by atoms with Gasteiger partial charge in [0.15, 0.2) is 0 Å². The quantitative estimate of drug-likeness (QED) is 0.358. The van der Waals surface area contributed by atoms with E-state index in [1.54, 1.807) is 6.21 Å². The molecule has 2 N–H and O–H groups in total. The number of amides is 1. The number of nitrogens with zero attached hydrogens (tertiary/aromatic N) is 1. The minimum absolute atomic E-state index is 0.00112. The molecule has 0 saturated carbocycles. The van der Waals surface area contributed by atoms with Crippen molar-refractivity contribution in [3.63, 3.8) is 0 Å². The molecule has 0 fully saturated rings. The number of unbranched alkanes of at least 4 members (excludes halogenated alkanes) is 7. The number of aromatic amines is 1. The molecular weight excluding hydrogens is 250 g/mol. The lowest BCUT2D eigenvalue weighted by Gasteiger charge is -2.01. The van der Waals surface area contributed by atoms with Gasteiger partial charge in [0.05, 0.1) is 11.9 Å². The summed E-state index contributed by atoms with van der Waals surface area (Å²) in [6, 6.07) is 3.79. The van der Waals surface area contributed by atoms with Gasteiger partial charge in [-0.15, -0.1) is 0 Å². The number of H-pyrrole nitrogens is 1. The monoisotopic (exact) mass is 277 g/mol. The Bertz CT molecular complexity index is 371. The Morgan fingerprint density at radius 1 is 1.20 bits per heavy atom. The van der Waals surface area contributed by atoms with Gasteiger partial charge in [0, 0.05) is 12.6 Å². The second kappa shape index (κ2) is 11.3. The van der Waals surface area contributed by atoms with Crippen molar-refractivity contribution in [2.75, 3.05) is 0 Å². The van der Waals surface area contributed by atoms with Gasteiger partial charge in [0.1, 0.15) is 0 Å². The van der Waals surface area contributed by atoms with Gasteiger partial charge in [0.25, 0.3) is 0 Å². The predicted octanol–water partition coefficient (Wildman–Crippen LogP) is 4.00. The normalized spacial score (nSPS) is 11.1. The molecule has 1 aromatic heterocycles. The van der Waals surface area contributed by atoms with Crippen molar-refractivity contribution in [2.45, 2.75) is 64.7 Å². The van der Waals surface area contributed by atoms with E-state index < -0.39 is 0 Å². The van der Waals surface area contributed by atoms with E-state index in [0.29, 0.717) is 6.42 Å². The molecule has 4 heteroatoms. The fraction of sp³-hybridized carbons (Fsp3) is 0.625. The van der Waals surface area contributed by atoms with Crippen LogP contribution in [0.3, 0.4) is 0 Å². The summed E-state index contributed by atoms with van der Waals surface area (Å²) in [6.45, 7) is 2.23. The van der Waals surface area contributed by atoms with Gasteiger partial charge >= 0.3 is 0 Å². The summed E-state index contributed by atoms with van der Waals surface area (Å²) in [5.41, 5.74) is 3.44. The molecule has 0 aliphatic carbocycles. The van der Waals surface area contributed by atoms with E-state index in [0.717, 1.165) is 18.5 Å². The zero-order chi connectivity index (χ0) is 14.5. The molecule has 0 saturated heterocycles. The van der Waals surface area contributed by atoms with Crippen LogP contribution in [0.15, 0.2) is 23.4 Å². The fourth-order valence-corrected chi connectivity index (χ4v) is 2.07. The second-order valence-corrected chi connectivity index (χ2v) is 5.14. The van der Waals surface area contributed by atoms with Crippen LogP contribution in [0.5, 0.6) is 0 Å². The van der Waals surface area contributed by atoms with Crippen LogP contribution < -0.4 is 5.43 Å². The van der Waals surface area contributed by atoms with Gasteiger partial charge in [-0.2, -0.15) is 5.10 Å². The van der Waals surface area contributed by atoms with Gasteiger partial charge in [-0.3, -0.25) is 4.79 Å². The Labute approximate surface area is 122 Å². The largest absolute Gasteiger partial charge is 0.360 e. The maximum absolute atomic E-state index is 11.5. The van der Waals surface area contributed by atoms with Gasteiger partial charge in [-0.1, -0.05) is 51.9 Å². The molecule has 1 rings (SSSR count). The van der Waals surface area contributed by atoms with Crippen LogP contribution in [-0.4, -0.2) is 17.1 Å². The summed E-state index contributed by atoms with van der Waals surface area (Å²) >= 11 is 0. The Morgan fingerprint density at radius 3 is 2.55 bits per heavy atom. The fourth-order valence-electron chi connectivity index (χ4n) is 2.07. The molecule has 20 heavy (non-hydrogen) atoms. The van der Waals surface area contributed by atoms with Crippen molar-refractivity contribution in [3.8, 4) is 0 Å². The van der Waals surface area contributed by atoms with Crippen LogP contribution in [-0.2, 0) is 4.79 Å². The number of hydrogen-bond donors (Lipinski definition) is 2. The summed E-state index contributed by atoms with van der Waals surface area (Å²) in [6.07, 6.45) is 14.0. The smallest absolute Gasteiger partial charge is 0.240 e. The van der Waals surface area contributed by atoms with E-state index in [4.69, 9.17) is 0 Å². The average molecular weight is 277 g/mol. The molecule has 112 valence electrons. The van der Waals surface area contributed by atoms with E-state index in [9.17, 15) is 4.79 Å². The summed E-state index contributed by atoms with van der Waals surface area (Å²) in [5.74, 6) is -0.00112. The standard InChI is InChI=1S/C16H27N3O/c1-2-3-4-5-6-7-8-9-12-16(20)19-18-14-15-11-10-13-17-15/h10-11,13-14,17H,2-9,12H2,1H3,(H,19,20). The van der Waals surface area contributed by atoms with Crippen molar-refractivity contribution in [1.82, 2.24) is 10.4 Å². The Kier molecular flexibility index (Phi) is 9.28. The zero-order valence-electron chi connectivity index (χ0n) is 12.5. The van der Waals surface area contributed by atoms with Crippen LogP contribution in [0.1, 0.15) is 70.4 Å². The molecule has 0 aliphatic rings. The number of carbonyl (C=O) groups is 1. The molecule has 1 heterocycles. The summed E-state index contributed by atoms with van der Waals surface area (Å²) in [7, 11) is 0. The third-order valence-electron chi connectivity index (χ3n) is 3.27. The highest BCUT2D eigenvalue weighted by Crippen LogP contribution is 2.09. The zero-order valence-corrected chi connectivity index (χ0v) is 12.5. The Hall–Kier alpha value is -1.58. The van der Waals surface area contributed by atoms with E-state index in [-0.39, 0.29) is 5.91 Å². The van der Waals surface area contributed by atoms with Crippen molar-refractivity contribution >= 4 is 12.1 Å². The SMILES string of the molecule is CCCCCCCCCCC(=O)NN=Cc1ccc[nH]1. The molecule has 1 aromatic rings. The molecule has 0 spiro atoms. The number of hydrazone groups is 1. The molecule has 0 bridgehead atoms. The average Bonchev–Trinajstić information content (AvgIpc) is 2.95. The molecule has 0 radical (unpaired) electrons. The number of carbonyl (C=O) groups excluding carboxylic acids is 1. The first kappa shape index (κ1) is 16.5. The highest BCUT2D eigenvalue weighted by atomic mass is 16.2. The Balaban J connectivity index is 1.92. The number of aromatic nitrogens is 1. The highest BCUT2D eigenvalue weighted by molar-refractivity contribution is 5.80. The van der Waals surface area contributed by atoms with E-state index in [2.05, 4.69) is 22.4 Å². The second-order valence-electron chi connectivity index (χ2n) is 5.14. The lowest BCUT2D eigenvalue weighted by molar-refractivity contribution is -0.121. The Morgan fingerprint density at radius 2 is 1.90 bits per heavy atom. The first-order valence-electron chi connectivity index (χ1n) is 7.78. The molecule has 0 unspecified atom stereocenters. The molecule has 1 amide bonds. The third-order valence-corrected chi connectivity index (χ3v) is 3.27. The first-order valence-corrected chi connectivity index (χ1v) is 7.78. The van der Waals surface area contributed by atoms with Crippen LogP contribution in [0, 0.1) is 0 Å². The van der Waals surface area contributed by atoms with Crippen molar-refractivity contribution in [1.29, 1.82) is 0 Å². The minimum Gasteiger partial charge on any atom is -0.360 e. The van der Waals surface area contributed by atoms with Gasteiger partial charge in [-0.25, -0.2) is 5.43 Å².